The third kappa shape index (κ3) is 3.29. The van der Waals surface area contributed by atoms with Crippen LogP contribution < -0.4 is 5.32 Å². The number of likely N-dealkylation sites (tertiary alicyclic amines) is 1. The zero-order valence-corrected chi connectivity index (χ0v) is 13.0. The Morgan fingerprint density at radius 3 is 2.86 bits per heavy atom. The SMILES string of the molecule is CCC1CCCCN1C(=O)c1ccnc(NC(=O)C2CC2)c1. The summed E-state index contributed by atoms with van der Waals surface area (Å²) < 4.78 is 0. The normalized spacial score (nSPS) is 21.5. The van der Waals surface area contributed by atoms with Crippen molar-refractivity contribution in [3.63, 3.8) is 0 Å². The smallest absolute Gasteiger partial charge is 0.254 e. The van der Waals surface area contributed by atoms with Crippen LogP contribution in [-0.4, -0.2) is 34.3 Å². The van der Waals surface area contributed by atoms with Gasteiger partial charge < -0.3 is 10.2 Å². The summed E-state index contributed by atoms with van der Waals surface area (Å²) >= 11 is 0. The molecule has 2 amide bonds. The molecule has 1 aliphatic carbocycles. The van der Waals surface area contributed by atoms with E-state index in [-0.39, 0.29) is 17.7 Å². The van der Waals surface area contributed by atoms with Gasteiger partial charge in [-0.2, -0.15) is 0 Å². The Kier molecular flexibility index (Phi) is 4.41. The average Bonchev–Trinajstić information content (AvgIpc) is 3.39. The van der Waals surface area contributed by atoms with Crippen LogP contribution in [0.15, 0.2) is 18.3 Å². The van der Waals surface area contributed by atoms with Gasteiger partial charge in [-0.3, -0.25) is 9.59 Å². The summed E-state index contributed by atoms with van der Waals surface area (Å²) in [7, 11) is 0. The number of hydrogen-bond acceptors (Lipinski definition) is 3. The second-order valence-electron chi connectivity index (χ2n) is 6.25. The number of anilines is 1. The van der Waals surface area contributed by atoms with Gasteiger partial charge in [-0.05, 0) is 50.7 Å². The van der Waals surface area contributed by atoms with E-state index in [9.17, 15) is 9.59 Å². The number of pyridine rings is 1. The Labute approximate surface area is 131 Å². The minimum absolute atomic E-state index is 0.0153. The van der Waals surface area contributed by atoms with Crippen LogP contribution in [-0.2, 0) is 4.79 Å². The van der Waals surface area contributed by atoms with E-state index < -0.39 is 0 Å². The van der Waals surface area contributed by atoms with E-state index in [1.165, 1.54) is 6.42 Å². The highest BCUT2D eigenvalue weighted by Gasteiger charge is 2.30. The summed E-state index contributed by atoms with van der Waals surface area (Å²) in [5.74, 6) is 0.679. The second-order valence-corrected chi connectivity index (χ2v) is 6.25. The summed E-state index contributed by atoms with van der Waals surface area (Å²) in [5.41, 5.74) is 0.612. The van der Waals surface area contributed by atoms with E-state index in [1.54, 1.807) is 18.3 Å². The number of carbonyl (C=O) groups excluding carboxylic acids is 2. The first-order valence-electron chi connectivity index (χ1n) is 8.27. The fraction of sp³-hybridized carbons (Fsp3) is 0.588. The molecular weight excluding hydrogens is 278 g/mol. The first-order chi connectivity index (χ1) is 10.7. The van der Waals surface area contributed by atoms with Crippen LogP contribution in [0, 0.1) is 5.92 Å². The van der Waals surface area contributed by atoms with E-state index in [4.69, 9.17) is 0 Å². The molecule has 1 atom stereocenters. The van der Waals surface area contributed by atoms with E-state index in [2.05, 4.69) is 17.2 Å². The minimum atomic E-state index is 0.0153. The maximum Gasteiger partial charge on any atom is 0.254 e. The average molecular weight is 301 g/mol. The Hall–Kier alpha value is -1.91. The molecule has 1 aromatic heterocycles. The molecule has 1 aliphatic heterocycles. The third-order valence-corrected chi connectivity index (χ3v) is 4.57. The van der Waals surface area contributed by atoms with E-state index >= 15 is 0 Å². The highest BCUT2D eigenvalue weighted by Crippen LogP contribution is 2.30. The number of nitrogens with zero attached hydrogens (tertiary/aromatic N) is 2. The van der Waals surface area contributed by atoms with Crippen LogP contribution in [0.25, 0.3) is 0 Å². The summed E-state index contributed by atoms with van der Waals surface area (Å²) in [4.78, 5) is 30.7. The molecule has 1 N–H and O–H groups in total. The van der Waals surface area contributed by atoms with Crippen molar-refractivity contribution < 1.29 is 9.59 Å². The quantitative estimate of drug-likeness (QED) is 0.930. The lowest BCUT2D eigenvalue weighted by atomic mass is 9.99. The summed E-state index contributed by atoms with van der Waals surface area (Å²) in [5, 5.41) is 2.81. The van der Waals surface area contributed by atoms with Gasteiger partial charge in [-0.15, -0.1) is 0 Å². The monoisotopic (exact) mass is 301 g/mol. The molecule has 3 rings (SSSR count). The summed E-state index contributed by atoms with van der Waals surface area (Å²) in [6, 6.07) is 3.76. The van der Waals surface area contributed by atoms with Gasteiger partial charge in [0.05, 0.1) is 0 Å². The second kappa shape index (κ2) is 6.46. The lowest BCUT2D eigenvalue weighted by Gasteiger charge is -2.35. The Bertz CT molecular complexity index is 569. The first kappa shape index (κ1) is 15.0. The molecule has 2 fully saturated rings. The number of hydrogen-bond donors (Lipinski definition) is 1. The number of rotatable bonds is 4. The zero-order valence-electron chi connectivity index (χ0n) is 13.0. The van der Waals surface area contributed by atoms with Crippen molar-refractivity contribution in [1.82, 2.24) is 9.88 Å². The number of piperidine rings is 1. The molecule has 0 bridgehead atoms. The van der Waals surface area contributed by atoms with E-state index in [1.807, 2.05) is 4.90 Å². The maximum atomic E-state index is 12.7. The lowest BCUT2D eigenvalue weighted by Crippen LogP contribution is -2.43. The van der Waals surface area contributed by atoms with Crippen molar-refractivity contribution in [3.05, 3.63) is 23.9 Å². The Morgan fingerprint density at radius 1 is 1.32 bits per heavy atom. The molecule has 0 radical (unpaired) electrons. The molecular formula is C17H23N3O2. The van der Waals surface area contributed by atoms with Crippen molar-refractivity contribution in [2.75, 3.05) is 11.9 Å². The number of amides is 2. The van der Waals surface area contributed by atoms with E-state index in [0.717, 1.165) is 38.6 Å². The van der Waals surface area contributed by atoms with Gasteiger partial charge >= 0.3 is 0 Å². The fourth-order valence-corrected chi connectivity index (χ4v) is 3.06. The van der Waals surface area contributed by atoms with Crippen molar-refractivity contribution in [2.24, 2.45) is 5.92 Å². The lowest BCUT2D eigenvalue weighted by molar-refractivity contribution is -0.117. The summed E-state index contributed by atoms with van der Waals surface area (Å²) in [6.07, 6.45) is 7.84. The maximum absolute atomic E-state index is 12.7. The van der Waals surface area contributed by atoms with Gasteiger partial charge in [0.25, 0.3) is 5.91 Å². The Balaban J connectivity index is 1.72. The van der Waals surface area contributed by atoms with Gasteiger partial charge in [0.15, 0.2) is 0 Å². The molecule has 2 aliphatic rings. The van der Waals surface area contributed by atoms with Crippen molar-refractivity contribution in [2.45, 2.75) is 51.5 Å². The molecule has 0 aromatic carbocycles. The molecule has 1 aromatic rings. The predicted octanol–water partition coefficient (Wildman–Crippen LogP) is 2.83. The molecule has 22 heavy (non-hydrogen) atoms. The summed E-state index contributed by atoms with van der Waals surface area (Å²) in [6.45, 7) is 2.95. The minimum Gasteiger partial charge on any atom is -0.336 e. The third-order valence-electron chi connectivity index (χ3n) is 4.57. The number of nitrogens with one attached hydrogen (secondary N) is 1. The highest BCUT2D eigenvalue weighted by molar-refractivity contribution is 5.97. The van der Waals surface area contributed by atoms with Crippen molar-refractivity contribution >= 4 is 17.6 Å². The van der Waals surface area contributed by atoms with Gasteiger partial charge in [0, 0.05) is 30.3 Å². The van der Waals surface area contributed by atoms with Crippen LogP contribution in [0.3, 0.4) is 0 Å². The topological polar surface area (TPSA) is 62.3 Å². The molecule has 5 heteroatoms. The van der Waals surface area contributed by atoms with Crippen LogP contribution >= 0.6 is 0 Å². The molecule has 1 saturated heterocycles. The molecule has 0 spiro atoms. The van der Waals surface area contributed by atoms with Crippen LogP contribution in [0.2, 0.25) is 0 Å². The van der Waals surface area contributed by atoms with Gasteiger partial charge in [0.2, 0.25) is 5.91 Å². The van der Waals surface area contributed by atoms with Crippen LogP contribution in [0.4, 0.5) is 5.82 Å². The number of aromatic nitrogens is 1. The van der Waals surface area contributed by atoms with Gasteiger partial charge in [0.1, 0.15) is 5.82 Å². The first-order valence-corrected chi connectivity index (χ1v) is 8.27. The standard InChI is InChI=1S/C17H23N3O2/c1-2-14-5-3-4-10-20(14)17(22)13-8-9-18-15(11-13)19-16(21)12-6-7-12/h8-9,11-12,14H,2-7,10H2,1H3,(H,18,19,21). The van der Waals surface area contributed by atoms with Crippen LogP contribution in [0.5, 0.6) is 0 Å². The van der Waals surface area contributed by atoms with Crippen LogP contribution in [0.1, 0.15) is 55.8 Å². The van der Waals surface area contributed by atoms with Crippen molar-refractivity contribution in [3.8, 4) is 0 Å². The zero-order chi connectivity index (χ0) is 15.5. The van der Waals surface area contributed by atoms with Gasteiger partial charge in [-0.1, -0.05) is 6.92 Å². The largest absolute Gasteiger partial charge is 0.336 e. The predicted molar refractivity (Wildman–Crippen MR) is 84.6 cm³/mol. The van der Waals surface area contributed by atoms with E-state index in [0.29, 0.717) is 17.4 Å². The molecule has 1 saturated carbocycles. The molecule has 118 valence electrons. The number of carbonyl (C=O) groups is 2. The molecule has 2 heterocycles. The van der Waals surface area contributed by atoms with Crippen molar-refractivity contribution in [1.29, 1.82) is 0 Å². The molecule has 5 nitrogen and oxygen atoms in total. The Morgan fingerprint density at radius 2 is 2.14 bits per heavy atom. The fourth-order valence-electron chi connectivity index (χ4n) is 3.06. The highest BCUT2D eigenvalue weighted by atomic mass is 16.2. The molecule has 1 unspecified atom stereocenters. The van der Waals surface area contributed by atoms with Gasteiger partial charge in [-0.25, -0.2) is 4.98 Å².